The Morgan fingerprint density at radius 2 is 0.722 bits per heavy atom. The van der Waals surface area contributed by atoms with E-state index < -0.39 is 66.9 Å². The van der Waals surface area contributed by atoms with E-state index in [4.69, 9.17) is 5.70 Å². The van der Waals surface area contributed by atoms with Gasteiger partial charge in [-0.3, -0.25) is 0 Å². The van der Waals surface area contributed by atoms with Gasteiger partial charge < -0.3 is 0 Å². The Hall–Kier alpha value is 12.5. The molecule has 0 saturated heterocycles. The van der Waals surface area contributed by atoms with Gasteiger partial charge in [-0.2, -0.15) is 0 Å². The SMILES string of the molecule is [B]I(I)I(I)I(I)I(I)I(I)I(I)I(I)I(I)I. The Kier molecular flexibility index (Phi) is 30.4. The van der Waals surface area contributed by atoms with E-state index in [1.165, 1.54) is 0 Å². The van der Waals surface area contributed by atoms with Crippen LogP contribution in [-0.4, -0.2) is 5.70 Å². The molecule has 0 aliphatic heterocycles. The van der Waals surface area contributed by atoms with Crippen molar-refractivity contribution in [3.8, 4) is 0 Å². The van der Waals surface area contributed by atoms with Crippen molar-refractivity contribution in [2.45, 2.75) is 0 Å². The van der Waals surface area contributed by atoms with Crippen LogP contribution >= 0.6 is 234 Å². The van der Waals surface area contributed by atoms with E-state index in [0.29, 0.717) is 0 Å². The monoisotopic (exact) mass is 2170 g/mol. The molecule has 0 heterocycles. The van der Waals surface area contributed by atoms with Gasteiger partial charge in [0, 0.05) is 0 Å². The molecule has 0 atom stereocenters. The summed E-state index contributed by atoms with van der Waals surface area (Å²) in [5.74, 6) is 0. The topological polar surface area (TPSA) is 0 Å². The molecule has 18 heavy (non-hydrogen) atoms. The predicted molar refractivity (Wildman–Crippen MR) is 244 cm³/mol. The minimum absolute atomic E-state index is 0.404. The molecular weight excluding hydrogens is 2170 g/mol. The Bertz CT molecular complexity index is 198. The van der Waals surface area contributed by atoms with Gasteiger partial charge >= 0.3 is 240 Å². The van der Waals surface area contributed by atoms with E-state index in [2.05, 4.69) is 168 Å². The van der Waals surface area contributed by atoms with E-state index in [1.54, 1.807) is 0 Å². The number of rotatable bonds is 7. The summed E-state index contributed by atoms with van der Waals surface area (Å²) in [6, 6.07) is 0. The Labute approximate surface area is 227 Å². The van der Waals surface area contributed by atoms with E-state index in [-0.39, 0.29) is 0 Å². The molecular formula is BI17. The first-order valence-electron chi connectivity index (χ1n) is 2.50. The fourth-order valence-electron chi connectivity index (χ4n) is 0.193. The minimum atomic E-state index is -0.897. The molecule has 2 radical (unpaired) electrons. The molecule has 0 aliphatic rings. The summed E-state index contributed by atoms with van der Waals surface area (Å²) in [5.41, 5.74) is 6.36. The van der Waals surface area contributed by atoms with Crippen LogP contribution in [0.15, 0.2) is 0 Å². The first kappa shape index (κ1) is 30.5. The van der Waals surface area contributed by atoms with Crippen LogP contribution in [0.4, 0.5) is 0 Å². The predicted octanol–water partition coefficient (Wildman–Crippen LogP) is 14.7. The summed E-state index contributed by atoms with van der Waals surface area (Å²) < 4.78 is 0. The van der Waals surface area contributed by atoms with E-state index in [1.807, 2.05) is 0 Å². The first-order chi connectivity index (χ1) is 8.11. The fourth-order valence-corrected chi connectivity index (χ4v) is 2350. The van der Waals surface area contributed by atoms with Crippen molar-refractivity contribution in [1.82, 2.24) is 0 Å². The van der Waals surface area contributed by atoms with Crippen molar-refractivity contribution in [2.75, 3.05) is 0 Å². The van der Waals surface area contributed by atoms with Crippen LogP contribution in [0.5, 0.6) is 0 Å². The van der Waals surface area contributed by atoms with Gasteiger partial charge in [0.15, 0.2) is 0 Å². The summed E-state index contributed by atoms with van der Waals surface area (Å²) in [6.07, 6.45) is 0. The molecule has 0 fully saturated rings. The molecule has 0 unspecified atom stereocenters. The standard InChI is InChI=1S/BI17/c1-11(2)13(5)15(7)17(9)18(10)16(8)14(6)12(3)4. The van der Waals surface area contributed by atoms with Crippen molar-refractivity contribution < 1.29 is 0 Å². The number of hydrogen-bond donors (Lipinski definition) is 0. The van der Waals surface area contributed by atoms with E-state index in [9.17, 15) is 0 Å². The van der Waals surface area contributed by atoms with Crippen LogP contribution in [0.2, 0.25) is 0 Å². The third-order valence-electron chi connectivity index (χ3n) is 0.593. The normalized spacial score (nSPS) is 17.6. The average molecular weight is 2170 g/mol. The van der Waals surface area contributed by atoms with Crippen molar-refractivity contribution in [3.05, 3.63) is 0 Å². The first-order valence-corrected chi connectivity index (χ1v) is 104. The molecule has 0 nitrogen and oxygen atoms in total. The van der Waals surface area contributed by atoms with Crippen molar-refractivity contribution in [2.24, 2.45) is 0 Å². The van der Waals surface area contributed by atoms with Gasteiger partial charge in [0.1, 0.15) is 0 Å². The Balaban J connectivity index is 4.63. The van der Waals surface area contributed by atoms with Crippen molar-refractivity contribution >= 4 is 240 Å². The maximum absolute atomic E-state index is 6.36. The third kappa shape index (κ3) is 13.1. The summed E-state index contributed by atoms with van der Waals surface area (Å²) in [5, 5.41) is 0. The van der Waals surface area contributed by atoms with Gasteiger partial charge in [-0.1, -0.05) is 0 Å². The molecule has 0 aliphatic carbocycles. The summed E-state index contributed by atoms with van der Waals surface area (Å²) in [7, 11) is -3.25. The summed E-state index contributed by atoms with van der Waals surface area (Å²) in [6.45, 7) is 0. The van der Waals surface area contributed by atoms with E-state index in [0.717, 1.165) is 0 Å². The summed E-state index contributed by atoms with van der Waals surface area (Å²) in [4.78, 5) is 0. The second-order valence-corrected chi connectivity index (χ2v) is 366. The Morgan fingerprint density at radius 1 is 0.444 bits per heavy atom. The molecule has 122 valence electrons. The van der Waals surface area contributed by atoms with Crippen LogP contribution in [0, 0.1) is 0 Å². The molecule has 0 aromatic carbocycles. The van der Waals surface area contributed by atoms with Crippen molar-refractivity contribution in [3.63, 3.8) is 0 Å². The number of halogens is 17. The van der Waals surface area contributed by atoms with Gasteiger partial charge in [-0.15, -0.1) is 0 Å². The molecule has 0 aromatic rings. The molecule has 0 rings (SSSR count). The molecule has 0 amide bonds. The fraction of sp³-hybridized carbons (Fsp3) is 0. The van der Waals surface area contributed by atoms with Gasteiger partial charge in [-0.25, -0.2) is 0 Å². The van der Waals surface area contributed by atoms with Crippen molar-refractivity contribution in [1.29, 1.82) is 0 Å². The van der Waals surface area contributed by atoms with Crippen LogP contribution in [0.1, 0.15) is 0 Å². The van der Waals surface area contributed by atoms with Gasteiger partial charge in [0.25, 0.3) is 0 Å². The van der Waals surface area contributed by atoms with Crippen LogP contribution in [-0.2, 0) is 0 Å². The molecule has 0 saturated carbocycles. The van der Waals surface area contributed by atoms with E-state index >= 15 is 0 Å². The zero-order valence-corrected chi connectivity index (χ0v) is 43.7. The zero-order chi connectivity index (χ0) is 14.6. The maximum atomic E-state index is 6.36. The van der Waals surface area contributed by atoms with Crippen LogP contribution in [0.3, 0.4) is 0 Å². The third-order valence-corrected chi connectivity index (χ3v) is 1090. The van der Waals surface area contributed by atoms with Gasteiger partial charge in [0.2, 0.25) is 0 Å². The molecule has 0 bridgehead atoms. The molecule has 0 N–H and O–H groups in total. The summed E-state index contributed by atoms with van der Waals surface area (Å²) >= 11 is 25.6. The van der Waals surface area contributed by atoms with Crippen LogP contribution in [0.25, 0.3) is 0 Å². The van der Waals surface area contributed by atoms with Gasteiger partial charge in [0.05, 0.1) is 0 Å². The molecule has 0 aromatic heterocycles. The number of hydrogen-bond acceptors (Lipinski definition) is 0. The van der Waals surface area contributed by atoms with Crippen LogP contribution < -0.4 is 0 Å². The zero-order valence-electron chi connectivity index (χ0n) is 7.00. The Morgan fingerprint density at radius 3 is 1.00 bits per heavy atom. The quantitative estimate of drug-likeness (QED) is 0.176. The van der Waals surface area contributed by atoms with Gasteiger partial charge in [-0.05, 0) is 0 Å². The second-order valence-electron chi connectivity index (χ2n) is 1.35. The molecule has 18 heteroatoms. The average Bonchev–Trinajstić information content (AvgIpc) is 2.32. The second kappa shape index (κ2) is 18.0. The molecule has 0 spiro atoms.